The molecule has 1 aliphatic heterocycles. The summed E-state index contributed by atoms with van der Waals surface area (Å²) in [5.41, 5.74) is 2.62. The Balaban J connectivity index is 1.56. The number of aromatic nitrogens is 2. The molecular weight excluding hydrogens is 382 g/mol. The number of likely N-dealkylation sites (tertiary alicyclic amines) is 1. The molecule has 1 saturated heterocycles. The number of nitrogens with zero attached hydrogens (tertiary/aromatic N) is 3. The molecule has 1 fully saturated rings. The number of fused-ring (bicyclic) bond motifs is 1. The smallest absolute Gasteiger partial charge is 0.334 e. The Morgan fingerprint density at radius 2 is 1.90 bits per heavy atom. The average molecular weight is 405 g/mol. The number of halogens is 4. The zero-order valence-electron chi connectivity index (χ0n) is 16.4. The van der Waals surface area contributed by atoms with Crippen molar-refractivity contribution < 1.29 is 17.6 Å². The topological polar surface area (TPSA) is 21.1 Å². The maximum Gasteiger partial charge on any atom is 0.416 e. The summed E-state index contributed by atoms with van der Waals surface area (Å²) in [4.78, 5) is 6.48. The van der Waals surface area contributed by atoms with Gasteiger partial charge in [0.05, 0.1) is 22.9 Å². The second-order valence-corrected chi connectivity index (χ2v) is 8.18. The Hall–Kier alpha value is -2.41. The van der Waals surface area contributed by atoms with Crippen molar-refractivity contribution in [3.8, 4) is 0 Å². The van der Waals surface area contributed by atoms with Crippen molar-refractivity contribution in [1.82, 2.24) is 14.5 Å². The molecule has 3 nitrogen and oxygen atoms in total. The van der Waals surface area contributed by atoms with E-state index < -0.39 is 17.6 Å². The highest BCUT2D eigenvalue weighted by Crippen LogP contribution is 2.34. The van der Waals surface area contributed by atoms with Crippen LogP contribution >= 0.6 is 0 Å². The molecule has 4 rings (SSSR count). The maximum atomic E-state index is 13.8. The first-order valence-electron chi connectivity index (χ1n) is 9.69. The number of rotatable bonds is 3. The van der Waals surface area contributed by atoms with E-state index in [1.807, 2.05) is 17.7 Å². The molecule has 2 atom stereocenters. The molecule has 2 heterocycles. The van der Waals surface area contributed by atoms with Crippen LogP contribution in [0.1, 0.15) is 36.0 Å². The van der Waals surface area contributed by atoms with Crippen molar-refractivity contribution in [1.29, 1.82) is 0 Å². The van der Waals surface area contributed by atoms with Crippen molar-refractivity contribution in [2.24, 2.45) is 13.0 Å². The lowest BCUT2D eigenvalue weighted by Gasteiger charge is -2.37. The maximum absolute atomic E-state index is 13.8. The van der Waals surface area contributed by atoms with Gasteiger partial charge in [0, 0.05) is 26.7 Å². The van der Waals surface area contributed by atoms with Crippen LogP contribution in [0.15, 0.2) is 42.7 Å². The molecule has 0 amide bonds. The van der Waals surface area contributed by atoms with Crippen LogP contribution in [-0.2, 0) is 19.8 Å². The van der Waals surface area contributed by atoms with Crippen LogP contribution in [0.4, 0.5) is 17.6 Å². The highest BCUT2D eigenvalue weighted by molar-refractivity contribution is 5.76. The summed E-state index contributed by atoms with van der Waals surface area (Å²) in [5.74, 6) is -0.182. The van der Waals surface area contributed by atoms with Crippen molar-refractivity contribution in [3.63, 3.8) is 0 Å². The predicted molar refractivity (Wildman–Crippen MR) is 104 cm³/mol. The van der Waals surface area contributed by atoms with E-state index in [1.54, 1.807) is 6.33 Å². The number of hydrogen-bond donors (Lipinski definition) is 0. The molecule has 0 saturated carbocycles. The van der Waals surface area contributed by atoms with Gasteiger partial charge in [-0.2, -0.15) is 13.2 Å². The third-order valence-electron chi connectivity index (χ3n) is 5.65. The molecule has 7 heteroatoms. The van der Waals surface area contributed by atoms with Crippen LogP contribution in [-0.4, -0.2) is 27.5 Å². The summed E-state index contributed by atoms with van der Waals surface area (Å²) >= 11 is 0. The zero-order chi connectivity index (χ0) is 20.8. The number of alkyl halides is 3. The van der Waals surface area contributed by atoms with E-state index in [4.69, 9.17) is 0 Å². The van der Waals surface area contributed by atoms with E-state index in [0.29, 0.717) is 24.1 Å². The van der Waals surface area contributed by atoms with Crippen LogP contribution in [0.2, 0.25) is 0 Å². The van der Waals surface area contributed by atoms with Crippen LogP contribution in [0.5, 0.6) is 0 Å². The summed E-state index contributed by atoms with van der Waals surface area (Å²) in [5, 5.41) is 0. The van der Waals surface area contributed by atoms with Gasteiger partial charge in [0.2, 0.25) is 0 Å². The van der Waals surface area contributed by atoms with Gasteiger partial charge in [-0.25, -0.2) is 9.37 Å². The van der Waals surface area contributed by atoms with E-state index in [1.165, 1.54) is 11.6 Å². The predicted octanol–water partition coefficient (Wildman–Crippen LogP) is 5.36. The van der Waals surface area contributed by atoms with E-state index in [-0.39, 0.29) is 5.92 Å². The summed E-state index contributed by atoms with van der Waals surface area (Å²) in [7, 11) is 1.96. The van der Waals surface area contributed by atoms with E-state index in [9.17, 15) is 17.6 Å². The fourth-order valence-corrected chi connectivity index (χ4v) is 4.39. The molecule has 29 heavy (non-hydrogen) atoms. The molecule has 1 aromatic heterocycles. The molecule has 0 radical (unpaired) electrons. The van der Waals surface area contributed by atoms with Gasteiger partial charge in [0.1, 0.15) is 5.82 Å². The minimum absolute atomic E-state index is 0.272. The van der Waals surface area contributed by atoms with Crippen LogP contribution in [0, 0.1) is 11.7 Å². The van der Waals surface area contributed by atoms with Gasteiger partial charge in [-0.15, -0.1) is 0 Å². The molecule has 0 aliphatic carbocycles. The molecule has 3 aromatic rings. The van der Waals surface area contributed by atoms with Crippen LogP contribution < -0.4 is 0 Å². The summed E-state index contributed by atoms with van der Waals surface area (Å²) < 4.78 is 54.8. The molecule has 0 unspecified atom stereocenters. The molecule has 154 valence electrons. The fourth-order valence-electron chi connectivity index (χ4n) is 4.39. The summed E-state index contributed by atoms with van der Waals surface area (Å²) in [6.45, 7) is 3.96. The molecule has 2 aromatic carbocycles. The highest BCUT2D eigenvalue weighted by Gasteiger charge is 2.32. The monoisotopic (exact) mass is 405 g/mol. The molecular formula is C22H23F4N3. The number of aryl methyl sites for hydroxylation is 1. The third-order valence-corrected chi connectivity index (χ3v) is 5.65. The Morgan fingerprint density at radius 1 is 1.10 bits per heavy atom. The van der Waals surface area contributed by atoms with Crippen molar-refractivity contribution in [3.05, 3.63) is 65.2 Å². The van der Waals surface area contributed by atoms with Gasteiger partial charge >= 0.3 is 6.18 Å². The van der Waals surface area contributed by atoms with Gasteiger partial charge in [0.15, 0.2) is 0 Å². The van der Waals surface area contributed by atoms with Gasteiger partial charge in [-0.3, -0.25) is 4.90 Å². The number of hydrogen-bond acceptors (Lipinski definition) is 2. The van der Waals surface area contributed by atoms with Gasteiger partial charge < -0.3 is 4.57 Å². The second kappa shape index (κ2) is 7.44. The summed E-state index contributed by atoms with van der Waals surface area (Å²) in [6.07, 6.45) is -1.75. The quantitative estimate of drug-likeness (QED) is 0.547. The van der Waals surface area contributed by atoms with Gasteiger partial charge in [0.25, 0.3) is 0 Å². The third kappa shape index (κ3) is 4.29. The number of imidazole rings is 1. The molecule has 0 N–H and O–H groups in total. The molecule has 0 spiro atoms. The van der Waals surface area contributed by atoms with E-state index in [2.05, 4.69) is 28.9 Å². The highest BCUT2D eigenvalue weighted by atomic mass is 19.4. The first-order valence-corrected chi connectivity index (χ1v) is 9.69. The Kier molecular flexibility index (Phi) is 5.11. The largest absolute Gasteiger partial charge is 0.416 e. The lowest BCUT2D eigenvalue weighted by molar-refractivity contribution is -0.137. The lowest BCUT2D eigenvalue weighted by Crippen LogP contribution is -2.38. The average Bonchev–Trinajstić information content (AvgIpc) is 3.00. The van der Waals surface area contributed by atoms with E-state index in [0.717, 1.165) is 36.6 Å². The minimum Gasteiger partial charge on any atom is -0.334 e. The lowest BCUT2D eigenvalue weighted by atomic mass is 9.85. The first kappa shape index (κ1) is 19.9. The van der Waals surface area contributed by atoms with Crippen LogP contribution in [0.3, 0.4) is 0 Å². The summed E-state index contributed by atoms with van der Waals surface area (Å²) in [6, 6.07) is 9.04. The van der Waals surface area contributed by atoms with Crippen molar-refractivity contribution in [2.75, 3.05) is 13.1 Å². The van der Waals surface area contributed by atoms with Crippen LogP contribution in [0.25, 0.3) is 11.0 Å². The standard InChI is InChI=1S/C22H23F4N3/c1-14-5-17(16-3-4-20-21(8-16)28(2)13-27-20)12-29(10-14)11-15-6-18(22(24,25)26)9-19(23)7-15/h3-4,6-9,13-14,17H,5,10-12H2,1-2H3/t14-,17-/m0/s1. The normalized spacial score (nSPS) is 21.0. The molecule has 0 bridgehead atoms. The second-order valence-electron chi connectivity index (χ2n) is 8.18. The van der Waals surface area contributed by atoms with Gasteiger partial charge in [-0.1, -0.05) is 13.0 Å². The molecule has 1 aliphatic rings. The van der Waals surface area contributed by atoms with Crippen molar-refractivity contribution in [2.45, 2.75) is 32.0 Å². The SMILES string of the molecule is C[C@H]1C[C@H](c2ccc3ncn(C)c3c2)CN(Cc2cc(F)cc(C(F)(F)F)c2)C1. The number of benzene rings is 2. The first-order chi connectivity index (χ1) is 13.7. The Bertz CT molecular complexity index is 1020. The Morgan fingerprint density at radius 3 is 2.66 bits per heavy atom. The van der Waals surface area contributed by atoms with Crippen molar-refractivity contribution >= 4 is 11.0 Å². The number of piperidine rings is 1. The van der Waals surface area contributed by atoms with E-state index >= 15 is 0 Å². The van der Waals surface area contributed by atoms with Gasteiger partial charge in [-0.05, 0) is 59.7 Å². The fraction of sp³-hybridized carbons (Fsp3) is 0.409. The zero-order valence-corrected chi connectivity index (χ0v) is 16.4. The Labute approximate surface area is 167 Å². The minimum atomic E-state index is -4.55.